The molecule has 1 N–H and O–H groups in total. The molecule has 0 aliphatic heterocycles. The van der Waals surface area contributed by atoms with Crippen LogP contribution in [0.4, 0.5) is 5.69 Å². The number of aromatic nitrogens is 1. The molecule has 0 fully saturated rings. The molecule has 0 saturated heterocycles. The van der Waals surface area contributed by atoms with Gasteiger partial charge in [-0.2, -0.15) is 0 Å². The summed E-state index contributed by atoms with van der Waals surface area (Å²) in [5, 5.41) is 10.0. The predicted octanol–water partition coefficient (Wildman–Crippen LogP) is 2.27. The van der Waals surface area contributed by atoms with E-state index in [1.165, 1.54) is 18.1 Å². The van der Waals surface area contributed by atoms with Crippen molar-refractivity contribution in [1.82, 2.24) is 4.98 Å². The van der Waals surface area contributed by atoms with Gasteiger partial charge in [0, 0.05) is 12.6 Å². The Kier molecular flexibility index (Phi) is 5.68. The molecule has 1 aromatic heterocycles. The van der Waals surface area contributed by atoms with Gasteiger partial charge >= 0.3 is 5.97 Å². The van der Waals surface area contributed by atoms with Crippen molar-refractivity contribution in [3.8, 4) is 5.75 Å². The van der Waals surface area contributed by atoms with Gasteiger partial charge in [-0.1, -0.05) is 18.2 Å². The zero-order chi connectivity index (χ0) is 16.7. The normalized spacial score (nSPS) is 10.1. The molecule has 0 unspecified atom stereocenters. The average Bonchev–Trinajstić information content (AvgIpc) is 2.59. The SMILES string of the molecule is COC(=O)CCC(=O)N(Cc1ccccn1)c1ccccc1O. The van der Waals surface area contributed by atoms with Crippen LogP contribution in [0.2, 0.25) is 0 Å². The molecule has 6 heteroatoms. The summed E-state index contributed by atoms with van der Waals surface area (Å²) in [4.78, 5) is 29.4. The second-order valence-electron chi connectivity index (χ2n) is 4.87. The van der Waals surface area contributed by atoms with Crippen LogP contribution in [0.15, 0.2) is 48.7 Å². The number of nitrogens with zero attached hydrogens (tertiary/aromatic N) is 2. The average molecular weight is 314 g/mol. The Morgan fingerprint density at radius 1 is 1.13 bits per heavy atom. The van der Waals surface area contributed by atoms with Crippen molar-refractivity contribution in [1.29, 1.82) is 0 Å². The maximum atomic E-state index is 12.5. The van der Waals surface area contributed by atoms with E-state index in [9.17, 15) is 14.7 Å². The number of phenols is 1. The molecule has 0 aliphatic rings. The molecule has 23 heavy (non-hydrogen) atoms. The number of carbonyl (C=O) groups excluding carboxylic acids is 2. The van der Waals surface area contributed by atoms with Crippen LogP contribution in [0.1, 0.15) is 18.5 Å². The number of pyridine rings is 1. The predicted molar refractivity (Wildman–Crippen MR) is 84.8 cm³/mol. The largest absolute Gasteiger partial charge is 0.506 e. The highest BCUT2D eigenvalue weighted by Gasteiger charge is 2.20. The molecule has 1 amide bonds. The molecule has 1 heterocycles. The van der Waals surface area contributed by atoms with Crippen LogP contribution in [-0.4, -0.2) is 29.1 Å². The van der Waals surface area contributed by atoms with Gasteiger partial charge in [0.25, 0.3) is 0 Å². The van der Waals surface area contributed by atoms with Crippen LogP contribution in [0, 0.1) is 0 Å². The summed E-state index contributed by atoms with van der Waals surface area (Å²) >= 11 is 0. The molecule has 6 nitrogen and oxygen atoms in total. The van der Waals surface area contributed by atoms with Gasteiger partial charge in [0.15, 0.2) is 0 Å². The van der Waals surface area contributed by atoms with Crippen LogP contribution in [0.3, 0.4) is 0 Å². The van der Waals surface area contributed by atoms with E-state index in [-0.39, 0.29) is 31.0 Å². The Labute approximate surface area is 134 Å². The summed E-state index contributed by atoms with van der Waals surface area (Å²) in [5.41, 5.74) is 1.06. The molecule has 0 aliphatic carbocycles. The fourth-order valence-electron chi connectivity index (χ4n) is 2.10. The van der Waals surface area contributed by atoms with Gasteiger partial charge < -0.3 is 14.7 Å². The number of carbonyl (C=O) groups is 2. The van der Waals surface area contributed by atoms with Crippen LogP contribution in [0.5, 0.6) is 5.75 Å². The number of hydrogen-bond acceptors (Lipinski definition) is 5. The van der Waals surface area contributed by atoms with Crippen molar-refractivity contribution in [2.75, 3.05) is 12.0 Å². The van der Waals surface area contributed by atoms with E-state index in [0.717, 1.165) is 0 Å². The maximum Gasteiger partial charge on any atom is 0.306 e. The topological polar surface area (TPSA) is 79.7 Å². The smallest absolute Gasteiger partial charge is 0.306 e. The van der Waals surface area contributed by atoms with E-state index < -0.39 is 5.97 Å². The molecule has 120 valence electrons. The second-order valence-corrected chi connectivity index (χ2v) is 4.87. The summed E-state index contributed by atoms with van der Waals surface area (Å²) in [6.07, 6.45) is 1.62. The van der Waals surface area contributed by atoms with Gasteiger partial charge in [-0.3, -0.25) is 14.6 Å². The fraction of sp³-hybridized carbons (Fsp3) is 0.235. The Balaban J connectivity index is 2.22. The number of rotatable bonds is 6. The van der Waals surface area contributed by atoms with Crippen molar-refractivity contribution < 1.29 is 19.4 Å². The van der Waals surface area contributed by atoms with Gasteiger partial charge in [-0.25, -0.2) is 0 Å². The number of phenolic OH excluding ortho intramolecular Hbond substituents is 1. The lowest BCUT2D eigenvalue weighted by Crippen LogP contribution is -2.31. The number of benzene rings is 1. The Morgan fingerprint density at radius 2 is 1.87 bits per heavy atom. The van der Waals surface area contributed by atoms with E-state index in [1.807, 2.05) is 6.07 Å². The first-order valence-corrected chi connectivity index (χ1v) is 7.17. The lowest BCUT2D eigenvalue weighted by atomic mass is 10.2. The van der Waals surface area contributed by atoms with Gasteiger partial charge in [-0.15, -0.1) is 0 Å². The van der Waals surface area contributed by atoms with Gasteiger partial charge in [0.2, 0.25) is 5.91 Å². The maximum absolute atomic E-state index is 12.5. The van der Waals surface area contributed by atoms with Crippen LogP contribution in [0.25, 0.3) is 0 Å². The number of ether oxygens (including phenoxy) is 1. The number of amides is 1. The summed E-state index contributed by atoms with van der Waals surface area (Å²) < 4.78 is 4.56. The first-order chi connectivity index (χ1) is 11.1. The summed E-state index contributed by atoms with van der Waals surface area (Å²) in [7, 11) is 1.28. The Morgan fingerprint density at radius 3 is 2.52 bits per heavy atom. The number of para-hydroxylation sites is 2. The molecule has 1 aromatic carbocycles. The monoisotopic (exact) mass is 314 g/mol. The number of aromatic hydroxyl groups is 1. The summed E-state index contributed by atoms with van der Waals surface area (Å²) in [6.45, 7) is 0.207. The van der Waals surface area contributed by atoms with E-state index in [4.69, 9.17) is 0 Å². The third kappa shape index (κ3) is 4.54. The fourth-order valence-corrected chi connectivity index (χ4v) is 2.10. The van der Waals surface area contributed by atoms with Crippen molar-refractivity contribution in [2.24, 2.45) is 0 Å². The highest BCUT2D eigenvalue weighted by atomic mass is 16.5. The molecule has 0 atom stereocenters. The van der Waals surface area contributed by atoms with E-state index >= 15 is 0 Å². The highest BCUT2D eigenvalue weighted by molar-refractivity contribution is 5.96. The minimum atomic E-state index is -0.451. The molecule has 2 rings (SSSR count). The van der Waals surface area contributed by atoms with Gasteiger partial charge in [-0.05, 0) is 24.3 Å². The first-order valence-electron chi connectivity index (χ1n) is 7.17. The second kappa shape index (κ2) is 7.93. The van der Waals surface area contributed by atoms with Gasteiger partial charge in [0.1, 0.15) is 5.75 Å². The lowest BCUT2D eigenvalue weighted by molar-refractivity contribution is -0.141. The molecular formula is C17H18N2O4. The molecule has 0 saturated carbocycles. The highest BCUT2D eigenvalue weighted by Crippen LogP contribution is 2.28. The van der Waals surface area contributed by atoms with Crippen molar-refractivity contribution >= 4 is 17.6 Å². The molecular weight excluding hydrogens is 296 g/mol. The number of methoxy groups -OCH3 is 1. The number of esters is 1. The van der Waals surface area contributed by atoms with Gasteiger partial charge in [0.05, 0.1) is 31.5 Å². The molecule has 0 radical (unpaired) electrons. The first kappa shape index (κ1) is 16.5. The summed E-state index contributed by atoms with van der Waals surface area (Å²) in [5.74, 6) is -0.745. The molecule has 2 aromatic rings. The van der Waals surface area contributed by atoms with Crippen molar-refractivity contribution in [3.63, 3.8) is 0 Å². The molecule has 0 spiro atoms. The number of anilines is 1. The van der Waals surface area contributed by atoms with E-state index in [0.29, 0.717) is 11.4 Å². The quantitative estimate of drug-likeness (QED) is 0.827. The third-order valence-corrected chi connectivity index (χ3v) is 3.29. The van der Waals surface area contributed by atoms with E-state index in [2.05, 4.69) is 9.72 Å². The Bertz CT molecular complexity index is 673. The van der Waals surface area contributed by atoms with Crippen LogP contribution in [-0.2, 0) is 20.9 Å². The summed E-state index contributed by atoms with van der Waals surface area (Å²) in [6, 6.07) is 12.0. The lowest BCUT2D eigenvalue weighted by Gasteiger charge is -2.23. The standard InChI is InChI=1S/C17H18N2O4/c1-23-17(22)10-9-16(21)19(12-13-6-4-5-11-18-13)14-7-2-3-8-15(14)20/h2-8,11,20H,9-10,12H2,1H3. The third-order valence-electron chi connectivity index (χ3n) is 3.29. The minimum absolute atomic E-state index is 0.00477. The van der Waals surface area contributed by atoms with Crippen molar-refractivity contribution in [2.45, 2.75) is 19.4 Å². The van der Waals surface area contributed by atoms with Crippen LogP contribution >= 0.6 is 0 Å². The van der Waals surface area contributed by atoms with Crippen LogP contribution < -0.4 is 4.90 Å². The zero-order valence-electron chi connectivity index (χ0n) is 12.8. The van der Waals surface area contributed by atoms with Crippen molar-refractivity contribution in [3.05, 3.63) is 54.4 Å². The van der Waals surface area contributed by atoms with E-state index in [1.54, 1.807) is 36.5 Å². The molecule has 0 bridgehead atoms. The minimum Gasteiger partial charge on any atom is -0.506 e. The number of hydrogen-bond donors (Lipinski definition) is 1. The Hall–Kier alpha value is -2.89. The zero-order valence-corrected chi connectivity index (χ0v) is 12.8.